The van der Waals surface area contributed by atoms with Crippen LogP contribution in [0.2, 0.25) is 0 Å². The van der Waals surface area contributed by atoms with Gasteiger partial charge in [-0.2, -0.15) is 0 Å². The van der Waals surface area contributed by atoms with E-state index in [1.807, 2.05) is 29.7 Å². The van der Waals surface area contributed by atoms with Crippen molar-refractivity contribution in [1.29, 1.82) is 0 Å². The van der Waals surface area contributed by atoms with E-state index in [9.17, 15) is 4.39 Å². The molecule has 1 heterocycles. The molecule has 0 atom stereocenters. The van der Waals surface area contributed by atoms with Gasteiger partial charge < -0.3 is 0 Å². The van der Waals surface area contributed by atoms with Gasteiger partial charge in [-0.25, -0.2) is 9.37 Å². The van der Waals surface area contributed by atoms with Crippen LogP contribution in [-0.4, -0.2) is 9.55 Å². The number of fused-ring (bicyclic) bond motifs is 1. The average Bonchev–Trinajstić information content (AvgIpc) is 2.77. The van der Waals surface area contributed by atoms with Gasteiger partial charge in [0, 0.05) is 10.5 Å². The summed E-state index contributed by atoms with van der Waals surface area (Å²) in [6.45, 7) is 2.02. The van der Waals surface area contributed by atoms with Crippen molar-refractivity contribution in [3.8, 4) is 5.69 Å². The molecule has 0 saturated carbocycles. The fourth-order valence-electron chi connectivity index (χ4n) is 2.27. The molecule has 0 spiro atoms. The molecule has 21 heavy (non-hydrogen) atoms. The summed E-state index contributed by atoms with van der Waals surface area (Å²) in [7, 11) is 0. The monoisotopic (exact) mass is 430 g/mol. The van der Waals surface area contributed by atoms with E-state index in [0.29, 0.717) is 15.8 Å². The van der Waals surface area contributed by atoms with E-state index < -0.39 is 0 Å². The van der Waals surface area contributed by atoms with Crippen LogP contribution in [-0.2, 0) is 5.88 Å². The molecule has 6 heteroatoms. The van der Waals surface area contributed by atoms with Gasteiger partial charge in [-0.3, -0.25) is 4.57 Å². The number of benzene rings is 2. The van der Waals surface area contributed by atoms with Crippen molar-refractivity contribution in [3.05, 3.63) is 56.5 Å². The standard InChI is InChI=1S/C15H10Br2ClFN2/c1-8-2-3-13(10(17)4-8)21-14-5-9(16)11(19)6-12(14)20-15(21)7-18/h2-6H,7H2,1H3. The topological polar surface area (TPSA) is 17.8 Å². The second-order valence-electron chi connectivity index (χ2n) is 4.71. The van der Waals surface area contributed by atoms with E-state index in [2.05, 4.69) is 36.8 Å². The van der Waals surface area contributed by atoms with E-state index in [-0.39, 0.29) is 11.7 Å². The highest BCUT2D eigenvalue weighted by Gasteiger charge is 2.16. The maximum absolute atomic E-state index is 13.7. The number of imidazole rings is 1. The zero-order chi connectivity index (χ0) is 15.1. The molecule has 0 saturated heterocycles. The number of hydrogen-bond donors (Lipinski definition) is 0. The number of aryl methyl sites for hydroxylation is 1. The highest BCUT2D eigenvalue weighted by atomic mass is 79.9. The van der Waals surface area contributed by atoms with Crippen molar-refractivity contribution in [2.75, 3.05) is 0 Å². The Balaban J connectivity index is 2.37. The first-order chi connectivity index (χ1) is 10.0. The lowest BCUT2D eigenvalue weighted by Gasteiger charge is -2.11. The van der Waals surface area contributed by atoms with E-state index in [1.54, 1.807) is 6.07 Å². The van der Waals surface area contributed by atoms with Crippen molar-refractivity contribution < 1.29 is 4.39 Å². The molecule has 2 aromatic carbocycles. The molecule has 0 aliphatic carbocycles. The van der Waals surface area contributed by atoms with Gasteiger partial charge >= 0.3 is 0 Å². The molecule has 0 bridgehead atoms. The van der Waals surface area contributed by atoms with Gasteiger partial charge in [-0.05, 0) is 62.5 Å². The lowest BCUT2D eigenvalue weighted by atomic mass is 10.2. The van der Waals surface area contributed by atoms with E-state index >= 15 is 0 Å². The van der Waals surface area contributed by atoms with Crippen molar-refractivity contribution in [1.82, 2.24) is 9.55 Å². The number of aromatic nitrogens is 2. The van der Waals surface area contributed by atoms with Gasteiger partial charge in [0.2, 0.25) is 0 Å². The first-order valence-corrected chi connectivity index (χ1v) is 8.32. The largest absolute Gasteiger partial charge is 0.294 e. The summed E-state index contributed by atoms with van der Waals surface area (Å²) in [5.74, 6) is 0.582. The van der Waals surface area contributed by atoms with Crippen molar-refractivity contribution >= 4 is 54.5 Å². The first kappa shape index (κ1) is 15.0. The van der Waals surface area contributed by atoms with Crippen LogP contribution >= 0.6 is 43.5 Å². The van der Waals surface area contributed by atoms with Crippen LogP contribution in [0.25, 0.3) is 16.7 Å². The molecule has 0 fully saturated rings. The Morgan fingerprint density at radius 3 is 2.62 bits per heavy atom. The number of nitrogens with zero attached hydrogens (tertiary/aromatic N) is 2. The molecule has 3 rings (SSSR count). The molecule has 0 aliphatic heterocycles. The predicted octanol–water partition coefficient (Wildman–Crippen LogP) is 5.74. The minimum Gasteiger partial charge on any atom is -0.294 e. The summed E-state index contributed by atoms with van der Waals surface area (Å²) in [4.78, 5) is 4.42. The Morgan fingerprint density at radius 2 is 1.95 bits per heavy atom. The van der Waals surface area contributed by atoms with Crippen LogP contribution < -0.4 is 0 Å². The van der Waals surface area contributed by atoms with Gasteiger partial charge in [-0.1, -0.05) is 6.07 Å². The fourth-order valence-corrected chi connectivity index (χ4v) is 3.46. The average molecular weight is 433 g/mol. The summed E-state index contributed by atoms with van der Waals surface area (Å²) < 4.78 is 17.0. The second-order valence-corrected chi connectivity index (χ2v) is 6.68. The van der Waals surface area contributed by atoms with E-state index in [0.717, 1.165) is 21.2 Å². The molecule has 2 nitrogen and oxygen atoms in total. The first-order valence-electron chi connectivity index (χ1n) is 6.20. The molecule has 3 aromatic rings. The molecule has 0 radical (unpaired) electrons. The quantitative estimate of drug-likeness (QED) is 0.473. The Bertz CT molecular complexity index is 845. The third kappa shape index (κ3) is 2.62. The van der Waals surface area contributed by atoms with Crippen molar-refractivity contribution in [3.63, 3.8) is 0 Å². The minimum absolute atomic E-state index is 0.244. The highest BCUT2D eigenvalue weighted by molar-refractivity contribution is 9.10. The second kappa shape index (κ2) is 5.71. The third-order valence-corrected chi connectivity index (χ3v) is 4.71. The summed E-state index contributed by atoms with van der Waals surface area (Å²) >= 11 is 12.8. The van der Waals surface area contributed by atoms with Gasteiger partial charge in [0.1, 0.15) is 11.6 Å². The summed E-state index contributed by atoms with van der Waals surface area (Å²) in [5.41, 5.74) is 3.47. The van der Waals surface area contributed by atoms with Gasteiger partial charge in [0.05, 0.1) is 27.1 Å². The molecule has 0 amide bonds. The van der Waals surface area contributed by atoms with Gasteiger partial charge in [0.25, 0.3) is 0 Å². The molecule has 0 unspecified atom stereocenters. The summed E-state index contributed by atoms with van der Waals surface area (Å²) in [5, 5.41) is 0. The van der Waals surface area contributed by atoms with Crippen LogP contribution in [0, 0.1) is 12.7 Å². The lowest BCUT2D eigenvalue weighted by molar-refractivity contribution is 0.623. The third-order valence-electron chi connectivity index (χ3n) is 3.23. The predicted molar refractivity (Wildman–Crippen MR) is 90.7 cm³/mol. The number of alkyl halides is 1. The maximum Gasteiger partial charge on any atom is 0.139 e. The van der Waals surface area contributed by atoms with E-state index in [4.69, 9.17) is 11.6 Å². The smallest absolute Gasteiger partial charge is 0.139 e. The van der Waals surface area contributed by atoms with Gasteiger partial charge in [0.15, 0.2) is 0 Å². The molecular weight excluding hydrogens is 422 g/mol. The van der Waals surface area contributed by atoms with Crippen LogP contribution in [0.1, 0.15) is 11.4 Å². The Morgan fingerprint density at radius 1 is 1.19 bits per heavy atom. The Kier molecular flexibility index (Phi) is 4.08. The van der Waals surface area contributed by atoms with Gasteiger partial charge in [-0.15, -0.1) is 11.6 Å². The minimum atomic E-state index is -0.337. The normalized spacial score (nSPS) is 11.3. The molecule has 108 valence electrons. The SMILES string of the molecule is Cc1ccc(-n2c(CCl)nc3cc(F)c(Br)cc32)c(Br)c1. The zero-order valence-electron chi connectivity index (χ0n) is 11.0. The highest BCUT2D eigenvalue weighted by Crippen LogP contribution is 2.31. The molecular formula is C15H10Br2ClFN2. The van der Waals surface area contributed by atoms with Crippen molar-refractivity contribution in [2.24, 2.45) is 0 Å². The Hall–Kier alpha value is -0.910. The summed E-state index contributed by atoms with van der Waals surface area (Å²) in [6, 6.07) is 9.17. The number of rotatable bonds is 2. The zero-order valence-corrected chi connectivity index (χ0v) is 14.9. The van der Waals surface area contributed by atoms with Crippen LogP contribution in [0.15, 0.2) is 39.3 Å². The van der Waals surface area contributed by atoms with Crippen LogP contribution in [0.4, 0.5) is 4.39 Å². The van der Waals surface area contributed by atoms with E-state index in [1.165, 1.54) is 6.07 Å². The van der Waals surface area contributed by atoms with Crippen LogP contribution in [0.5, 0.6) is 0 Å². The van der Waals surface area contributed by atoms with Crippen LogP contribution in [0.3, 0.4) is 0 Å². The Labute approximate surface area is 143 Å². The molecule has 0 N–H and O–H groups in total. The fraction of sp³-hybridized carbons (Fsp3) is 0.133. The molecule has 1 aromatic heterocycles. The lowest BCUT2D eigenvalue weighted by Crippen LogP contribution is -2.00. The maximum atomic E-state index is 13.7. The number of hydrogen-bond acceptors (Lipinski definition) is 1. The van der Waals surface area contributed by atoms with Crippen molar-refractivity contribution in [2.45, 2.75) is 12.8 Å². The number of halogens is 4. The molecule has 0 aliphatic rings. The summed E-state index contributed by atoms with van der Waals surface area (Å²) in [6.07, 6.45) is 0.